The van der Waals surface area contributed by atoms with Crippen molar-refractivity contribution in [1.29, 1.82) is 0 Å². The van der Waals surface area contributed by atoms with Crippen molar-refractivity contribution in [1.82, 2.24) is 16.2 Å². The number of amides is 3. The molecule has 0 fully saturated rings. The predicted octanol–water partition coefficient (Wildman–Crippen LogP) is 2.22. The summed E-state index contributed by atoms with van der Waals surface area (Å²) in [5.74, 6) is -0.622. The standard InChI is InChI=1S/C22H35IN4O6/c1-21(2,3)17(32-19(24)30)18(29)27-25-12-16(28)15(26-20(31)33-22(4,5)6)11-13-7-9-14(23)10-8-13/h7-10,15-17,25,28H,11-12H2,1-6H3,(H2,24,30)(H,26,31)(H,27,29)/t15-,16-,17?/m0/s1. The van der Waals surface area contributed by atoms with Gasteiger partial charge in [0.2, 0.25) is 0 Å². The molecule has 186 valence electrons. The highest BCUT2D eigenvalue weighted by atomic mass is 127. The van der Waals surface area contributed by atoms with Crippen LogP contribution >= 0.6 is 22.6 Å². The van der Waals surface area contributed by atoms with Crippen LogP contribution in [0.4, 0.5) is 9.59 Å². The van der Waals surface area contributed by atoms with Crippen molar-refractivity contribution in [2.75, 3.05) is 6.54 Å². The zero-order valence-corrected chi connectivity index (χ0v) is 22.1. The van der Waals surface area contributed by atoms with E-state index in [9.17, 15) is 19.5 Å². The molecule has 0 aliphatic heterocycles. The third-order valence-corrected chi connectivity index (χ3v) is 5.04. The molecule has 0 aromatic heterocycles. The summed E-state index contributed by atoms with van der Waals surface area (Å²) in [6.07, 6.45) is -3.61. The molecule has 3 amide bonds. The number of hydrogen-bond acceptors (Lipinski definition) is 7. The number of alkyl carbamates (subject to hydrolysis) is 1. The molecule has 0 heterocycles. The van der Waals surface area contributed by atoms with Gasteiger partial charge in [0.25, 0.3) is 5.91 Å². The van der Waals surface area contributed by atoms with Crippen molar-refractivity contribution < 1.29 is 29.0 Å². The largest absolute Gasteiger partial charge is 0.444 e. The summed E-state index contributed by atoms with van der Waals surface area (Å²) in [5, 5.41) is 13.4. The molecule has 10 nitrogen and oxygen atoms in total. The number of halogens is 1. The Morgan fingerprint density at radius 1 is 1.09 bits per heavy atom. The Balaban J connectivity index is 2.82. The van der Waals surface area contributed by atoms with E-state index >= 15 is 0 Å². The molecule has 1 aromatic carbocycles. The van der Waals surface area contributed by atoms with Crippen LogP contribution in [0.25, 0.3) is 0 Å². The molecular weight excluding hydrogens is 543 g/mol. The van der Waals surface area contributed by atoms with E-state index in [1.54, 1.807) is 41.5 Å². The Labute approximate surface area is 208 Å². The third-order valence-electron chi connectivity index (χ3n) is 4.32. The molecule has 0 saturated carbocycles. The number of aliphatic hydroxyl groups excluding tert-OH is 1. The summed E-state index contributed by atoms with van der Waals surface area (Å²) >= 11 is 2.19. The highest BCUT2D eigenvalue weighted by Gasteiger charge is 2.35. The monoisotopic (exact) mass is 578 g/mol. The van der Waals surface area contributed by atoms with Crippen molar-refractivity contribution in [3.63, 3.8) is 0 Å². The molecule has 1 rings (SSSR count). The molecule has 1 aromatic rings. The fourth-order valence-electron chi connectivity index (χ4n) is 2.81. The first-order chi connectivity index (χ1) is 15.1. The summed E-state index contributed by atoms with van der Waals surface area (Å²) in [4.78, 5) is 35.9. The SMILES string of the molecule is CC(C)(C)OC(=O)N[C@@H](Cc1ccc(I)cc1)[C@@H](O)CNNC(=O)C(OC(N)=O)C(C)(C)C. The van der Waals surface area contributed by atoms with Crippen LogP contribution < -0.4 is 21.9 Å². The lowest BCUT2D eigenvalue weighted by atomic mass is 9.88. The smallest absolute Gasteiger partial charge is 0.407 e. The lowest BCUT2D eigenvalue weighted by Gasteiger charge is -2.29. The number of carbonyl (C=O) groups is 3. The Morgan fingerprint density at radius 2 is 1.67 bits per heavy atom. The van der Waals surface area contributed by atoms with Crippen molar-refractivity contribution in [2.45, 2.75) is 71.8 Å². The van der Waals surface area contributed by atoms with Crippen LogP contribution in [0.1, 0.15) is 47.1 Å². The summed E-state index contributed by atoms with van der Waals surface area (Å²) in [7, 11) is 0. The van der Waals surface area contributed by atoms with E-state index in [1.165, 1.54) is 0 Å². The number of benzene rings is 1. The molecular formula is C22H35IN4O6. The lowest BCUT2D eigenvalue weighted by Crippen LogP contribution is -2.55. The first kappa shape index (κ1) is 28.9. The molecule has 0 bridgehead atoms. The van der Waals surface area contributed by atoms with Gasteiger partial charge in [-0.3, -0.25) is 10.2 Å². The molecule has 1 unspecified atom stereocenters. The summed E-state index contributed by atoms with van der Waals surface area (Å²) in [5.41, 5.74) is 9.62. The highest BCUT2D eigenvalue weighted by molar-refractivity contribution is 14.1. The van der Waals surface area contributed by atoms with Crippen molar-refractivity contribution in [3.05, 3.63) is 33.4 Å². The Hall–Kier alpha value is -2.12. The topological polar surface area (TPSA) is 152 Å². The Bertz CT molecular complexity index is 805. The molecule has 33 heavy (non-hydrogen) atoms. The van der Waals surface area contributed by atoms with Crippen molar-refractivity contribution in [3.8, 4) is 0 Å². The van der Waals surface area contributed by atoms with E-state index in [0.29, 0.717) is 6.42 Å². The van der Waals surface area contributed by atoms with Crippen LogP contribution in [0, 0.1) is 8.99 Å². The van der Waals surface area contributed by atoms with E-state index in [2.05, 4.69) is 38.8 Å². The Morgan fingerprint density at radius 3 is 2.15 bits per heavy atom. The second-order valence-corrected chi connectivity index (χ2v) is 10.9. The molecule has 0 spiro atoms. The number of nitrogens with one attached hydrogen (secondary N) is 3. The van der Waals surface area contributed by atoms with Gasteiger partial charge in [0.15, 0.2) is 6.10 Å². The number of aliphatic hydroxyl groups is 1. The second kappa shape index (κ2) is 12.4. The Kier molecular flexibility index (Phi) is 10.8. The van der Waals surface area contributed by atoms with Gasteiger partial charge >= 0.3 is 12.2 Å². The number of nitrogens with two attached hydrogens (primary N) is 1. The van der Waals surface area contributed by atoms with Crippen LogP contribution in [0.15, 0.2) is 24.3 Å². The molecule has 0 radical (unpaired) electrons. The number of carbonyl (C=O) groups excluding carboxylic acids is 3. The summed E-state index contributed by atoms with van der Waals surface area (Å²) in [6.45, 7) is 10.3. The van der Waals surface area contributed by atoms with Crippen LogP contribution in [-0.2, 0) is 20.7 Å². The maximum absolute atomic E-state index is 12.5. The van der Waals surface area contributed by atoms with Crippen molar-refractivity contribution in [2.24, 2.45) is 11.1 Å². The predicted molar refractivity (Wildman–Crippen MR) is 132 cm³/mol. The maximum Gasteiger partial charge on any atom is 0.407 e. The molecule has 11 heteroatoms. The van der Waals surface area contributed by atoms with Gasteiger partial charge in [-0.15, -0.1) is 0 Å². The minimum Gasteiger partial charge on any atom is -0.444 e. The van der Waals surface area contributed by atoms with Crippen LogP contribution in [0.3, 0.4) is 0 Å². The quantitative estimate of drug-likeness (QED) is 0.223. The van der Waals surface area contributed by atoms with E-state index in [-0.39, 0.29) is 6.54 Å². The second-order valence-electron chi connectivity index (χ2n) is 9.70. The van der Waals surface area contributed by atoms with E-state index in [1.807, 2.05) is 24.3 Å². The van der Waals surface area contributed by atoms with Gasteiger partial charge < -0.3 is 25.6 Å². The van der Waals surface area contributed by atoms with Gasteiger partial charge in [-0.05, 0) is 67.5 Å². The number of ether oxygens (including phenoxy) is 2. The fourth-order valence-corrected chi connectivity index (χ4v) is 3.17. The first-order valence-electron chi connectivity index (χ1n) is 10.5. The molecule has 0 aliphatic carbocycles. The average Bonchev–Trinajstić information content (AvgIpc) is 2.64. The third kappa shape index (κ3) is 11.5. The normalized spacial score (nSPS) is 14.5. The minimum atomic E-state index is -1.14. The van der Waals surface area contributed by atoms with Crippen LogP contribution in [0.2, 0.25) is 0 Å². The van der Waals surface area contributed by atoms with Crippen molar-refractivity contribution >= 4 is 40.7 Å². The van der Waals surface area contributed by atoms with Gasteiger partial charge in [-0.2, -0.15) is 0 Å². The lowest BCUT2D eigenvalue weighted by molar-refractivity contribution is -0.135. The highest BCUT2D eigenvalue weighted by Crippen LogP contribution is 2.22. The molecule has 0 aliphatic rings. The molecule has 3 atom stereocenters. The number of hydrazine groups is 1. The fraction of sp³-hybridized carbons (Fsp3) is 0.591. The van der Waals surface area contributed by atoms with E-state index < -0.39 is 47.4 Å². The zero-order chi connectivity index (χ0) is 25.4. The van der Waals surface area contributed by atoms with Gasteiger partial charge in [-0.25, -0.2) is 15.0 Å². The van der Waals surface area contributed by atoms with Gasteiger partial charge in [0, 0.05) is 15.5 Å². The van der Waals surface area contributed by atoms with Crippen LogP contribution in [-0.4, -0.2) is 53.6 Å². The van der Waals surface area contributed by atoms with Gasteiger partial charge in [-0.1, -0.05) is 32.9 Å². The van der Waals surface area contributed by atoms with Crippen LogP contribution in [0.5, 0.6) is 0 Å². The molecule has 6 N–H and O–H groups in total. The minimum absolute atomic E-state index is 0.0932. The first-order valence-corrected chi connectivity index (χ1v) is 11.6. The number of hydrogen-bond donors (Lipinski definition) is 5. The number of rotatable bonds is 9. The van der Waals surface area contributed by atoms with E-state index in [4.69, 9.17) is 15.2 Å². The summed E-state index contributed by atoms with van der Waals surface area (Å²) in [6, 6.07) is 6.96. The van der Waals surface area contributed by atoms with Gasteiger partial charge in [0.05, 0.1) is 12.1 Å². The van der Waals surface area contributed by atoms with Gasteiger partial charge in [0.1, 0.15) is 5.60 Å². The molecule has 0 saturated heterocycles. The number of primary amides is 1. The van der Waals surface area contributed by atoms with E-state index in [0.717, 1.165) is 9.13 Å². The zero-order valence-electron chi connectivity index (χ0n) is 19.9. The summed E-state index contributed by atoms with van der Waals surface area (Å²) < 4.78 is 11.3. The average molecular weight is 578 g/mol. The maximum atomic E-state index is 12.5.